The predicted octanol–water partition coefficient (Wildman–Crippen LogP) is 2.93. The summed E-state index contributed by atoms with van der Waals surface area (Å²) in [5.41, 5.74) is 2.36. The van der Waals surface area contributed by atoms with Crippen molar-refractivity contribution in [1.82, 2.24) is 5.32 Å². The topological polar surface area (TPSA) is 32.3 Å². The normalized spacial score (nSPS) is 20.2. The van der Waals surface area contributed by atoms with Gasteiger partial charge in [0.15, 0.2) is 0 Å². The van der Waals surface area contributed by atoms with E-state index < -0.39 is 0 Å². The van der Waals surface area contributed by atoms with Crippen molar-refractivity contribution in [2.24, 2.45) is 0 Å². The number of aliphatic hydroxyl groups excluding tert-OH is 1. The molecule has 0 unspecified atom stereocenters. The monoisotopic (exact) mass is 267 g/mol. The maximum absolute atomic E-state index is 10.9. The number of benzene rings is 2. The van der Waals surface area contributed by atoms with Gasteiger partial charge < -0.3 is 10.4 Å². The molecule has 0 spiro atoms. The van der Waals surface area contributed by atoms with E-state index in [9.17, 15) is 5.11 Å². The second kappa shape index (κ2) is 6.21. The van der Waals surface area contributed by atoms with Gasteiger partial charge in [0.1, 0.15) is 0 Å². The quantitative estimate of drug-likeness (QED) is 0.892. The van der Waals surface area contributed by atoms with E-state index >= 15 is 0 Å². The first kappa shape index (κ1) is 13.3. The maximum Gasteiger partial charge on any atom is 0.0802 e. The van der Waals surface area contributed by atoms with Gasteiger partial charge in [-0.05, 0) is 30.5 Å². The van der Waals surface area contributed by atoms with Crippen LogP contribution < -0.4 is 5.32 Å². The second-order valence-electron chi connectivity index (χ2n) is 5.49. The molecule has 1 aliphatic heterocycles. The molecule has 0 aromatic heterocycles. The Morgan fingerprint density at radius 1 is 0.900 bits per heavy atom. The van der Waals surface area contributed by atoms with Gasteiger partial charge in [-0.2, -0.15) is 0 Å². The van der Waals surface area contributed by atoms with E-state index in [0.717, 1.165) is 19.4 Å². The lowest BCUT2D eigenvalue weighted by Gasteiger charge is -2.28. The molecule has 104 valence electrons. The molecule has 2 aromatic carbocycles. The van der Waals surface area contributed by atoms with Crippen molar-refractivity contribution < 1.29 is 5.11 Å². The minimum atomic E-state index is -0.387. The zero-order valence-corrected chi connectivity index (χ0v) is 11.6. The standard InChI is InChI=1S/C18H21NO/c20-18(16-12-7-13-19-16)17(14-8-3-1-4-9-14)15-10-5-2-6-11-15/h1-6,8-11,16-20H,7,12-13H2/t16-,18+/m0/s1. The number of hydrogen-bond acceptors (Lipinski definition) is 2. The highest BCUT2D eigenvalue weighted by molar-refractivity contribution is 5.34. The molecule has 0 aliphatic carbocycles. The van der Waals surface area contributed by atoms with E-state index in [1.165, 1.54) is 11.1 Å². The van der Waals surface area contributed by atoms with Crippen molar-refractivity contribution >= 4 is 0 Å². The van der Waals surface area contributed by atoms with Crippen LogP contribution in [0.2, 0.25) is 0 Å². The molecule has 0 saturated carbocycles. The van der Waals surface area contributed by atoms with Crippen LogP contribution in [0.3, 0.4) is 0 Å². The number of nitrogens with one attached hydrogen (secondary N) is 1. The summed E-state index contributed by atoms with van der Waals surface area (Å²) >= 11 is 0. The lowest BCUT2D eigenvalue weighted by molar-refractivity contribution is 0.119. The largest absolute Gasteiger partial charge is 0.391 e. The van der Waals surface area contributed by atoms with Crippen LogP contribution >= 0.6 is 0 Å². The van der Waals surface area contributed by atoms with E-state index in [2.05, 4.69) is 29.6 Å². The van der Waals surface area contributed by atoms with E-state index in [1.807, 2.05) is 36.4 Å². The summed E-state index contributed by atoms with van der Waals surface area (Å²) < 4.78 is 0. The molecule has 0 bridgehead atoms. The molecule has 1 heterocycles. The molecule has 2 nitrogen and oxygen atoms in total. The molecule has 2 N–H and O–H groups in total. The highest BCUT2D eigenvalue weighted by Crippen LogP contribution is 2.31. The highest BCUT2D eigenvalue weighted by Gasteiger charge is 2.31. The molecule has 20 heavy (non-hydrogen) atoms. The fourth-order valence-corrected chi connectivity index (χ4v) is 3.14. The Bertz CT molecular complexity index is 480. The van der Waals surface area contributed by atoms with Gasteiger partial charge in [-0.3, -0.25) is 0 Å². The van der Waals surface area contributed by atoms with Crippen molar-refractivity contribution in [3.8, 4) is 0 Å². The van der Waals surface area contributed by atoms with Gasteiger partial charge in [-0.1, -0.05) is 60.7 Å². The van der Waals surface area contributed by atoms with E-state index in [1.54, 1.807) is 0 Å². The van der Waals surface area contributed by atoms with Crippen LogP contribution in [0.25, 0.3) is 0 Å². The summed E-state index contributed by atoms with van der Waals surface area (Å²) in [5, 5.41) is 14.3. The molecule has 1 fully saturated rings. The summed E-state index contributed by atoms with van der Waals surface area (Å²) in [7, 11) is 0. The van der Waals surface area contributed by atoms with Crippen LogP contribution in [0.1, 0.15) is 29.9 Å². The van der Waals surface area contributed by atoms with Crippen LogP contribution in [0, 0.1) is 0 Å². The van der Waals surface area contributed by atoms with E-state index in [-0.39, 0.29) is 18.1 Å². The first-order valence-electron chi connectivity index (χ1n) is 7.37. The second-order valence-corrected chi connectivity index (χ2v) is 5.49. The van der Waals surface area contributed by atoms with Crippen molar-refractivity contribution in [2.45, 2.75) is 30.9 Å². The maximum atomic E-state index is 10.9. The van der Waals surface area contributed by atoms with Crippen LogP contribution in [-0.2, 0) is 0 Å². The van der Waals surface area contributed by atoms with Gasteiger partial charge in [-0.25, -0.2) is 0 Å². The minimum absolute atomic E-state index is 0.0352. The van der Waals surface area contributed by atoms with E-state index in [0.29, 0.717) is 0 Å². The Kier molecular flexibility index (Phi) is 4.14. The highest BCUT2D eigenvalue weighted by atomic mass is 16.3. The predicted molar refractivity (Wildman–Crippen MR) is 81.8 cm³/mol. The van der Waals surface area contributed by atoms with Crippen LogP contribution in [0.4, 0.5) is 0 Å². The molecule has 0 radical (unpaired) electrons. The lowest BCUT2D eigenvalue weighted by Crippen LogP contribution is -2.39. The fraction of sp³-hybridized carbons (Fsp3) is 0.333. The Morgan fingerprint density at radius 3 is 1.90 bits per heavy atom. The number of rotatable bonds is 4. The molecular formula is C18H21NO. The number of aliphatic hydroxyl groups is 1. The molecule has 2 aromatic rings. The Labute approximate surface area is 120 Å². The Hall–Kier alpha value is -1.64. The summed E-state index contributed by atoms with van der Waals surface area (Å²) in [4.78, 5) is 0. The first-order valence-corrected chi connectivity index (χ1v) is 7.37. The van der Waals surface area contributed by atoms with Crippen LogP contribution in [-0.4, -0.2) is 23.8 Å². The zero-order valence-electron chi connectivity index (χ0n) is 11.6. The lowest BCUT2D eigenvalue weighted by atomic mass is 9.83. The SMILES string of the molecule is O[C@@H](C(c1ccccc1)c1ccccc1)[C@@H]1CCCN1. The number of hydrogen-bond donors (Lipinski definition) is 2. The van der Waals surface area contributed by atoms with Gasteiger partial charge in [0.05, 0.1) is 6.10 Å². The fourth-order valence-electron chi connectivity index (χ4n) is 3.14. The average Bonchev–Trinajstić information content (AvgIpc) is 3.04. The van der Waals surface area contributed by atoms with Crippen molar-refractivity contribution in [2.75, 3.05) is 6.54 Å². The van der Waals surface area contributed by atoms with Crippen LogP contribution in [0.5, 0.6) is 0 Å². The smallest absolute Gasteiger partial charge is 0.0802 e. The average molecular weight is 267 g/mol. The van der Waals surface area contributed by atoms with Gasteiger partial charge in [-0.15, -0.1) is 0 Å². The minimum Gasteiger partial charge on any atom is -0.391 e. The summed E-state index contributed by atoms with van der Waals surface area (Å²) in [6.07, 6.45) is 1.82. The van der Waals surface area contributed by atoms with Gasteiger partial charge in [0.2, 0.25) is 0 Å². The molecule has 1 aliphatic rings. The zero-order chi connectivity index (χ0) is 13.8. The van der Waals surface area contributed by atoms with Gasteiger partial charge in [0.25, 0.3) is 0 Å². The van der Waals surface area contributed by atoms with Crippen molar-refractivity contribution in [3.05, 3.63) is 71.8 Å². The molecular weight excluding hydrogens is 246 g/mol. The first-order chi connectivity index (χ1) is 9.86. The molecule has 1 saturated heterocycles. The molecule has 2 atom stereocenters. The van der Waals surface area contributed by atoms with Crippen molar-refractivity contribution in [1.29, 1.82) is 0 Å². The third kappa shape index (κ3) is 2.77. The summed E-state index contributed by atoms with van der Waals surface area (Å²) in [5.74, 6) is 0.0352. The van der Waals surface area contributed by atoms with E-state index in [4.69, 9.17) is 0 Å². The molecule has 3 rings (SSSR count). The molecule has 2 heteroatoms. The Morgan fingerprint density at radius 2 is 1.45 bits per heavy atom. The third-order valence-electron chi connectivity index (χ3n) is 4.17. The van der Waals surface area contributed by atoms with Crippen molar-refractivity contribution in [3.63, 3.8) is 0 Å². The van der Waals surface area contributed by atoms with Gasteiger partial charge in [0, 0.05) is 12.0 Å². The molecule has 0 amide bonds. The summed E-state index contributed by atoms with van der Waals surface area (Å²) in [6.45, 7) is 1.01. The van der Waals surface area contributed by atoms with Crippen LogP contribution in [0.15, 0.2) is 60.7 Å². The third-order valence-corrected chi connectivity index (χ3v) is 4.17. The Balaban J connectivity index is 1.95. The summed E-state index contributed by atoms with van der Waals surface area (Å²) in [6, 6.07) is 20.8. The van der Waals surface area contributed by atoms with Gasteiger partial charge >= 0.3 is 0 Å².